The number of fused-ring (bicyclic) bond motifs is 1. The van der Waals surface area contributed by atoms with Crippen molar-refractivity contribution in [3.63, 3.8) is 0 Å². The first-order valence-electron chi connectivity index (χ1n) is 6.95. The number of para-hydroxylation sites is 1. The second kappa shape index (κ2) is 4.96. The lowest BCUT2D eigenvalue weighted by molar-refractivity contribution is 0.632. The lowest BCUT2D eigenvalue weighted by atomic mass is 10.2. The second-order valence-corrected chi connectivity index (χ2v) is 5.97. The van der Waals surface area contributed by atoms with Gasteiger partial charge in [0, 0.05) is 10.8 Å². The molecule has 0 spiro atoms. The van der Waals surface area contributed by atoms with E-state index in [1.54, 1.807) is 11.3 Å². The van der Waals surface area contributed by atoms with Crippen molar-refractivity contribution in [2.75, 3.05) is 6.54 Å². The van der Waals surface area contributed by atoms with E-state index in [4.69, 9.17) is 9.97 Å². The number of hydrogen-bond donors (Lipinski definition) is 1. The van der Waals surface area contributed by atoms with E-state index >= 15 is 0 Å². The summed E-state index contributed by atoms with van der Waals surface area (Å²) in [4.78, 5) is 9.48. The predicted molar refractivity (Wildman–Crippen MR) is 82.8 cm³/mol. The van der Waals surface area contributed by atoms with E-state index in [-0.39, 0.29) is 0 Å². The van der Waals surface area contributed by atoms with Crippen molar-refractivity contribution < 1.29 is 0 Å². The monoisotopic (exact) mass is 281 g/mol. The van der Waals surface area contributed by atoms with Gasteiger partial charge in [-0.3, -0.25) is 0 Å². The third-order valence-corrected chi connectivity index (χ3v) is 4.64. The van der Waals surface area contributed by atoms with Gasteiger partial charge in [-0.05, 0) is 31.5 Å². The van der Waals surface area contributed by atoms with Crippen molar-refractivity contribution in [3.8, 4) is 10.7 Å². The smallest absolute Gasteiger partial charge is 0.142 e. The SMILES string of the molecule is c1ccc2nc(-c3nc([C@@H]4CCCN4)cs3)ccc2c1. The Hall–Kier alpha value is -1.78. The number of benzene rings is 1. The lowest BCUT2D eigenvalue weighted by Gasteiger charge is -2.05. The zero-order valence-electron chi connectivity index (χ0n) is 11.0. The van der Waals surface area contributed by atoms with Gasteiger partial charge < -0.3 is 5.32 Å². The van der Waals surface area contributed by atoms with Crippen molar-refractivity contribution in [2.45, 2.75) is 18.9 Å². The Balaban J connectivity index is 1.71. The Kier molecular flexibility index (Phi) is 2.98. The Morgan fingerprint density at radius 1 is 1.10 bits per heavy atom. The van der Waals surface area contributed by atoms with Crippen molar-refractivity contribution in [2.24, 2.45) is 0 Å². The molecule has 1 aromatic carbocycles. The quantitative estimate of drug-likeness (QED) is 0.776. The Morgan fingerprint density at radius 3 is 2.95 bits per heavy atom. The van der Waals surface area contributed by atoms with E-state index in [9.17, 15) is 0 Å². The molecule has 1 aliphatic rings. The highest BCUT2D eigenvalue weighted by atomic mass is 32.1. The summed E-state index contributed by atoms with van der Waals surface area (Å²) in [6, 6.07) is 12.8. The first-order chi connectivity index (χ1) is 9.90. The van der Waals surface area contributed by atoms with Crippen LogP contribution in [0.5, 0.6) is 0 Å². The van der Waals surface area contributed by atoms with Gasteiger partial charge in [0.2, 0.25) is 0 Å². The summed E-state index contributed by atoms with van der Waals surface area (Å²) >= 11 is 1.68. The molecule has 1 atom stereocenters. The molecule has 1 N–H and O–H groups in total. The number of pyridine rings is 1. The first-order valence-corrected chi connectivity index (χ1v) is 7.83. The summed E-state index contributed by atoms with van der Waals surface area (Å²) in [6.45, 7) is 1.10. The van der Waals surface area contributed by atoms with E-state index in [2.05, 4.69) is 28.9 Å². The van der Waals surface area contributed by atoms with Crippen LogP contribution in [0.4, 0.5) is 0 Å². The van der Waals surface area contributed by atoms with Gasteiger partial charge in [-0.15, -0.1) is 11.3 Å². The fraction of sp³-hybridized carbons (Fsp3) is 0.250. The molecular weight excluding hydrogens is 266 g/mol. The molecule has 3 aromatic rings. The fourth-order valence-electron chi connectivity index (χ4n) is 2.69. The molecule has 0 radical (unpaired) electrons. The molecule has 1 aliphatic heterocycles. The van der Waals surface area contributed by atoms with Crippen LogP contribution in [0.3, 0.4) is 0 Å². The van der Waals surface area contributed by atoms with Gasteiger partial charge in [-0.1, -0.05) is 24.3 Å². The first kappa shape index (κ1) is 12.0. The molecule has 2 aromatic heterocycles. The summed E-state index contributed by atoms with van der Waals surface area (Å²) in [5, 5.41) is 7.84. The minimum Gasteiger partial charge on any atom is -0.309 e. The fourth-order valence-corrected chi connectivity index (χ4v) is 3.53. The number of hydrogen-bond acceptors (Lipinski definition) is 4. The topological polar surface area (TPSA) is 37.8 Å². The van der Waals surface area contributed by atoms with Gasteiger partial charge in [0.05, 0.1) is 22.9 Å². The molecule has 4 rings (SSSR count). The molecule has 0 bridgehead atoms. The third kappa shape index (κ3) is 2.11. The average molecular weight is 281 g/mol. The second-order valence-electron chi connectivity index (χ2n) is 5.12. The van der Waals surface area contributed by atoms with Crippen LogP contribution in [-0.4, -0.2) is 16.5 Å². The summed E-state index contributed by atoms with van der Waals surface area (Å²) in [6.07, 6.45) is 2.43. The molecule has 0 aliphatic carbocycles. The molecule has 3 heterocycles. The van der Waals surface area contributed by atoms with E-state index in [0.717, 1.165) is 28.5 Å². The molecule has 0 unspecified atom stereocenters. The number of nitrogens with one attached hydrogen (secondary N) is 1. The van der Waals surface area contributed by atoms with Gasteiger partial charge in [0.25, 0.3) is 0 Å². The van der Waals surface area contributed by atoms with Crippen LogP contribution >= 0.6 is 11.3 Å². The predicted octanol–water partition coefficient (Wildman–Crippen LogP) is 3.78. The van der Waals surface area contributed by atoms with E-state index < -0.39 is 0 Å². The van der Waals surface area contributed by atoms with E-state index in [0.29, 0.717) is 6.04 Å². The van der Waals surface area contributed by atoms with Gasteiger partial charge in [0.15, 0.2) is 0 Å². The standard InChI is InChI=1S/C16H15N3S/c1-2-5-12-11(4-1)7-8-14(18-12)16-19-15(10-20-16)13-6-3-9-17-13/h1-2,4-5,7-8,10,13,17H,3,6,9H2/t13-/m0/s1. The van der Waals surface area contributed by atoms with Crippen LogP contribution in [-0.2, 0) is 0 Å². The van der Waals surface area contributed by atoms with Crippen LogP contribution in [0.1, 0.15) is 24.6 Å². The van der Waals surface area contributed by atoms with Crippen LogP contribution in [0, 0.1) is 0 Å². The van der Waals surface area contributed by atoms with Gasteiger partial charge in [0.1, 0.15) is 5.01 Å². The van der Waals surface area contributed by atoms with Gasteiger partial charge in [-0.2, -0.15) is 0 Å². The highest BCUT2D eigenvalue weighted by Crippen LogP contribution is 2.29. The van der Waals surface area contributed by atoms with Crippen LogP contribution in [0.15, 0.2) is 41.8 Å². The number of aromatic nitrogens is 2. The maximum atomic E-state index is 4.76. The van der Waals surface area contributed by atoms with Crippen molar-refractivity contribution >= 4 is 22.2 Å². The number of nitrogens with zero attached hydrogens (tertiary/aromatic N) is 2. The van der Waals surface area contributed by atoms with E-state index in [1.165, 1.54) is 18.2 Å². The summed E-state index contributed by atoms with van der Waals surface area (Å²) in [5.74, 6) is 0. The van der Waals surface area contributed by atoms with Crippen LogP contribution in [0.25, 0.3) is 21.6 Å². The molecule has 100 valence electrons. The molecule has 0 saturated carbocycles. The minimum absolute atomic E-state index is 0.431. The summed E-state index contributed by atoms with van der Waals surface area (Å²) < 4.78 is 0. The minimum atomic E-state index is 0.431. The molecule has 1 saturated heterocycles. The van der Waals surface area contributed by atoms with Gasteiger partial charge >= 0.3 is 0 Å². The molecule has 4 heteroatoms. The normalized spacial score (nSPS) is 18.7. The Morgan fingerprint density at radius 2 is 2.05 bits per heavy atom. The average Bonchev–Trinajstić information content (AvgIpc) is 3.17. The Labute approximate surface area is 121 Å². The highest BCUT2D eigenvalue weighted by molar-refractivity contribution is 7.13. The molecule has 3 nitrogen and oxygen atoms in total. The van der Waals surface area contributed by atoms with Crippen molar-refractivity contribution in [1.82, 2.24) is 15.3 Å². The molecule has 1 fully saturated rings. The molecular formula is C16H15N3S. The highest BCUT2D eigenvalue weighted by Gasteiger charge is 2.19. The Bertz CT molecular complexity index is 744. The van der Waals surface area contributed by atoms with E-state index in [1.807, 2.05) is 18.2 Å². The summed E-state index contributed by atoms with van der Waals surface area (Å²) in [7, 11) is 0. The summed E-state index contributed by atoms with van der Waals surface area (Å²) in [5.41, 5.74) is 3.16. The largest absolute Gasteiger partial charge is 0.309 e. The van der Waals surface area contributed by atoms with Crippen LogP contribution < -0.4 is 5.32 Å². The lowest BCUT2D eigenvalue weighted by Crippen LogP contribution is -2.12. The number of rotatable bonds is 2. The number of thiazole rings is 1. The molecule has 0 amide bonds. The zero-order chi connectivity index (χ0) is 13.4. The third-order valence-electron chi connectivity index (χ3n) is 3.76. The maximum absolute atomic E-state index is 4.76. The van der Waals surface area contributed by atoms with Crippen molar-refractivity contribution in [3.05, 3.63) is 47.5 Å². The van der Waals surface area contributed by atoms with Gasteiger partial charge in [-0.25, -0.2) is 9.97 Å². The molecule has 20 heavy (non-hydrogen) atoms. The van der Waals surface area contributed by atoms with Crippen LogP contribution in [0.2, 0.25) is 0 Å². The maximum Gasteiger partial charge on any atom is 0.142 e. The zero-order valence-corrected chi connectivity index (χ0v) is 11.9. The van der Waals surface area contributed by atoms with Crippen molar-refractivity contribution in [1.29, 1.82) is 0 Å².